The first-order valence-electron chi connectivity index (χ1n) is 6.85. The van der Waals surface area contributed by atoms with Crippen molar-refractivity contribution in [2.45, 2.75) is 39.5 Å². The molecule has 3 nitrogen and oxygen atoms in total. The van der Waals surface area contributed by atoms with Gasteiger partial charge in [0.2, 0.25) is 0 Å². The highest BCUT2D eigenvalue weighted by molar-refractivity contribution is 5.61. The zero-order valence-corrected chi connectivity index (χ0v) is 12.5. The molecule has 1 N–H and O–H groups in total. The molecule has 0 aliphatic heterocycles. The zero-order chi connectivity index (χ0) is 16.0. The molecule has 1 aromatic rings. The van der Waals surface area contributed by atoms with Crippen LogP contribution in [0.15, 0.2) is 18.2 Å². The summed E-state index contributed by atoms with van der Waals surface area (Å²) in [7, 11) is 0. The van der Waals surface area contributed by atoms with Gasteiger partial charge in [-0.05, 0) is 38.1 Å². The van der Waals surface area contributed by atoms with Crippen LogP contribution in [-0.2, 0) is 6.54 Å². The maximum Gasteiger partial charge on any atom is 0.405 e. The predicted molar refractivity (Wildman–Crippen MR) is 77.1 cm³/mol. The van der Waals surface area contributed by atoms with Crippen molar-refractivity contribution >= 4 is 5.69 Å². The Morgan fingerprint density at radius 2 is 2.00 bits per heavy atom. The van der Waals surface area contributed by atoms with Crippen LogP contribution in [0.4, 0.5) is 18.9 Å². The van der Waals surface area contributed by atoms with E-state index in [-0.39, 0.29) is 11.6 Å². The lowest BCUT2D eigenvalue weighted by Gasteiger charge is -2.30. The van der Waals surface area contributed by atoms with E-state index in [0.29, 0.717) is 12.2 Å². The van der Waals surface area contributed by atoms with Crippen molar-refractivity contribution in [2.24, 2.45) is 0 Å². The van der Waals surface area contributed by atoms with Crippen molar-refractivity contribution in [3.63, 3.8) is 0 Å². The second kappa shape index (κ2) is 7.32. The molecule has 0 bridgehead atoms. The highest BCUT2D eigenvalue weighted by Gasteiger charge is 2.32. The van der Waals surface area contributed by atoms with Crippen LogP contribution in [-0.4, -0.2) is 25.3 Å². The van der Waals surface area contributed by atoms with Crippen LogP contribution in [0.1, 0.15) is 31.9 Å². The third-order valence-corrected chi connectivity index (χ3v) is 3.04. The Bertz CT molecular complexity index is 504. The van der Waals surface area contributed by atoms with Crippen LogP contribution in [0.2, 0.25) is 0 Å². The summed E-state index contributed by atoms with van der Waals surface area (Å²) in [5, 5.41) is 12.3. The maximum absolute atomic E-state index is 12.7. The van der Waals surface area contributed by atoms with Gasteiger partial charge >= 0.3 is 6.18 Å². The van der Waals surface area contributed by atoms with Crippen LogP contribution in [0.5, 0.6) is 0 Å². The first kappa shape index (κ1) is 17.3. The Balaban J connectivity index is 3.11. The lowest BCUT2D eigenvalue weighted by atomic mass is 10.1. The summed E-state index contributed by atoms with van der Waals surface area (Å²) in [6.07, 6.45) is -4.31. The Morgan fingerprint density at radius 3 is 2.48 bits per heavy atom. The lowest BCUT2D eigenvalue weighted by Crippen LogP contribution is -2.39. The van der Waals surface area contributed by atoms with Gasteiger partial charge in [0.1, 0.15) is 12.6 Å². The topological polar surface area (TPSA) is 39.1 Å². The molecular weight excluding hydrogens is 279 g/mol. The number of nitrogens with zero attached hydrogens (tertiary/aromatic N) is 2. The minimum absolute atomic E-state index is 0.267. The summed E-state index contributed by atoms with van der Waals surface area (Å²) in [5.74, 6) is 0. The van der Waals surface area contributed by atoms with Crippen molar-refractivity contribution in [2.75, 3.05) is 18.0 Å². The molecule has 0 heterocycles. The maximum atomic E-state index is 12.7. The molecule has 0 atom stereocenters. The molecule has 21 heavy (non-hydrogen) atoms. The fourth-order valence-corrected chi connectivity index (χ4v) is 2.04. The highest BCUT2D eigenvalue weighted by atomic mass is 19.4. The molecule has 6 heteroatoms. The van der Waals surface area contributed by atoms with Gasteiger partial charge < -0.3 is 10.2 Å². The summed E-state index contributed by atoms with van der Waals surface area (Å²) in [4.78, 5) is 1.20. The van der Waals surface area contributed by atoms with Gasteiger partial charge in [-0.3, -0.25) is 0 Å². The summed E-state index contributed by atoms with van der Waals surface area (Å²) < 4.78 is 38.1. The average Bonchev–Trinajstić information content (AvgIpc) is 2.41. The van der Waals surface area contributed by atoms with Crippen molar-refractivity contribution in [1.29, 1.82) is 5.26 Å². The molecule has 0 aliphatic rings. The lowest BCUT2D eigenvalue weighted by molar-refractivity contribution is -0.120. The molecule has 0 amide bonds. The van der Waals surface area contributed by atoms with Gasteiger partial charge in [-0.25, -0.2) is 0 Å². The molecule has 1 aromatic carbocycles. The van der Waals surface area contributed by atoms with Crippen LogP contribution in [0.3, 0.4) is 0 Å². The molecule has 116 valence electrons. The number of alkyl halides is 3. The number of anilines is 1. The molecular formula is C15H20F3N3. The number of benzene rings is 1. The van der Waals surface area contributed by atoms with Crippen LogP contribution in [0, 0.1) is 11.3 Å². The van der Waals surface area contributed by atoms with Gasteiger partial charge in [0.05, 0.1) is 11.3 Å². The standard InChI is InChI=1S/C15H20F3N3/c1-4-20-9-12-5-6-14(13(7-12)8-19)21(11(2)3)10-15(16,17)18/h5-7,11,20H,4,9-10H2,1-3H3. The summed E-state index contributed by atoms with van der Waals surface area (Å²) >= 11 is 0. The Morgan fingerprint density at radius 1 is 1.33 bits per heavy atom. The third kappa shape index (κ3) is 5.27. The first-order valence-corrected chi connectivity index (χ1v) is 6.85. The zero-order valence-electron chi connectivity index (χ0n) is 12.5. The fourth-order valence-electron chi connectivity index (χ4n) is 2.04. The van der Waals surface area contributed by atoms with E-state index in [2.05, 4.69) is 5.32 Å². The van der Waals surface area contributed by atoms with Crippen LogP contribution >= 0.6 is 0 Å². The largest absolute Gasteiger partial charge is 0.405 e. The van der Waals surface area contributed by atoms with Crippen molar-refractivity contribution in [3.8, 4) is 6.07 Å². The number of halogens is 3. The molecule has 0 unspecified atom stereocenters. The van der Waals surface area contributed by atoms with Crippen molar-refractivity contribution in [1.82, 2.24) is 5.32 Å². The number of nitrogens with one attached hydrogen (secondary N) is 1. The minimum atomic E-state index is -4.31. The molecule has 0 radical (unpaired) electrons. The van der Waals surface area contributed by atoms with E-state index >= 15 is 0 Å². The summed E-state index contributed by atoms with van der Waals surface area (Å²) in [6.45, 7) is 5.64. The minimum Gasteiger partial charge on any atom is -0.359 e. The van der Waals surface area contributed by atoms with E-state index < -0.39 is 12.7 Å². The van der Waals surface area contributed by atoms with Gasteiger partial charge in [0, 0.05) is 12.6 Å². The highest BCUT2D eigenvalue weighted by Crippen LogP contribution is 2.27. The third-order valence-electron chi connectivity index (χ3n) is 3.04. The number of hydrogen-bond donors (Lipinski definition) is 1. The van der Waals surface area contributed by atoms with Crippen LogP contribution < -0.4 is 10.2 Å². The monoisotopic (exact) mass is 299 g/mol. The number of hydrogen-bond acceptors (Lipinski definition) is 3. The first-order chi connectivity index (χ1) is 9.78. The molecule has 0 spiro atoms. The normalized spacial score (nSPS) is 11.5. The van der Waals surface area contributed by atoms with E-state index in [1.54, 1.807) is 32.0 Å². The van der Waals surface area contributed by atoms with Crippen LogP contribution in [0.25, 0.3) is 0 Å². The summed E-state index contributed by atoms with van der Waals surface area (Å²) in [6, 6.07) is 6.64. The molecule has 0 saturated heterocycles. The van der Waals surface area contributed by atoms with E-state index in [9.17, 15) is 18.4 Å². The molecule has 0 aromatic heterocycles. The number of nitriles is 1. The second-order valence-corrected chi connectivity index (χ2v) is 5.08. The average molecular weight is 299 g/mol. The van der Waals surface area contributed by atoms with Crippen molar-refractivity contribution in [3.05, 3.63) is 29.3 Å². The van der Waals surface area contributed by atoms with Gasteiger partial charge in [-0.2, -0.15) is 18.4 Å². The molecule has 0 saturated carbocycles. The van der Waals surface area contributed by atoms with Crippen molar-refractivity contribution < 1.29 is 13.2 Å². The Hall–Kier alpha value is -1.74. The number of rotatable bonds is 6. The van der Waals surface area contributed by atoms with Gasteiger partial charge in [-0.1, -0.05) is 13.0 Å². The van der Waals surface area contributed by atoms with E-state index in [0.717, 1.165) is 12.1 Å². The van der Waals surface area contributed by atoms with E-state index in [1.807, 2.05) is 13.0 Å². The van der Waals surface area contributed by atoms with Gasteiger partial charge in [0.15, 0.2) is 0 Å². The SMILES string of the molecule is CCNCc1ccc(N(CC(F)(F)F)C(C)C)c(C#N)c1. The summed E-state index contributed by atoms with van der Waals surface area (Å²) in [5.41, 5.74) is 1.47. The molecule has 0 fully saturated rings. The Kier molecular flexibility index (Phi) is 6.03. The smallest absolute Gasteiger partial charge is 0.359 e. The Labute approximate surface area is 123 Å². The fraction of sp³-hybridized carbons (Fsp3) is 0.533. The van der Waals surface area contributed by atoms with Gasteiger partial charge in [0.25, 0.3) is 0 Å². The molecule has 0 aliphatic carbocycles. The second-order valence-electron chi connectivity index (χ2n) is 5.08. The predicted octanol–water partition coefficient (Wildman–Crippen LogP) is 3.44. The quantitative estimate of drug-likeness (QED) is 0.874. The molecule has 1 rings (SSSR count). The van der Waals surface area contributed by atoms with Gasteiger partial charge in [-0.15, -0.1) is 0 Å². The van der Waals surface area contributed by atoms with E-state index in [1.165, 1.54) is 4.90 Å². The van der Waals surface area contributed by atoms with E-state index in [4.69, 9.17) is 0 Å².